The molecule has 1 unspecified atom stereocenters. The maximum atomic E-state index is 6.21. The van der Waals surface area contributed by atoms with E-state index >= 15 is 0 Å². The Morgan fingerprint density at radius 1 is 1.39 bits per heavy atom. The summed E-state index contributed by atoms with van der Waals surface area (Å²) in [4.78, 5) is 2.18. The van der Waals surface area contributed by atoms with Gasteiger partial charge in [-0.3, -0.25) is 4.90 Å². The Morgan fingerprint density at radius 2 is 2.11 bits per heavy atom. The van der Waals surface area contributed by atoms with Crippen LogP contribution < -0.4 is 5.73 Å². The molecule has 0 fully saturated rings. The molecular weight excluding hydrogens is 271 g/mol. The molecule has 102 valence electrons. The van der Waals surface area contributed by atoms with Gasteiger partial charge in [0.2, 0.25) is 0 Å². The number of nitrogens with two attached hydrogens (primary N) is 1. The highest BCUT2D eigenvalue weighted by Crippen LogP contribution is 2.29. The summed E-state index contributed by atoms with van der Waals surface area (Å²) < 4.78 is 5.05. The summed E-state index contributed by atoms with van der Waals surface area (Å²) in [6.07, 6.45) is 0.960. The summed E-state index contributed by atoms with van der Waals surface area (Å²) >= 11 is 12.2. The topological polar surface area (TPSA) is 38.5 Å². The highest BCUT2D eigenvalue weighted by molar-refractivity contribution is 6.33. The lowest BCUT2D eigenvalue weighted by Crippen LogP contribution is -2.32. The number of hydrogen-bond donors (Lipinski definition) is 1. The van der Waals surface area contributed by atoms with E-state index in [9.17, 15) is 0 Å². The summed E-state index contributed by atoms with van der Waals surface area (Å²) in [6.45, 7) is 2.15. The van der Waals surface area contributed by atoms with Crippen LogP contribution in [0.3, 0.4) is 0 Å². The molecule has 0 aliphatic carbocycles. The molecule has 0 amide bonds. The molecule has 0 spiro atoms. The molecule has 0 aliphatic rings. The van der Waals surface area contributed by atoms with E-state index in [1.807, 2.05) is 19.2 Å². The summed E-state index contributed by atoms with van der Waals surface area (Å²) in [5.74, 6) is 0. The van der Waals surface area contributed by atoms with Gasteiger partial charge >= 0.3 is 0 Å². The molecular formula is C13H20Cl2N2O. The number of methoxy groups -OCH3 is 1. The maximum absolute atomic E-state index is 6.21. The molecule has 1 rings (SSSR count). The molecule has 0 saturated carbocycles. The molecule has 0 aliphatic heterocycles. The lowest BCUT2D eigenvalue weighted by Gasteiger charge is -2.28. The van der Waals surface area contributed by atoms with Crippen molar-refractivity contribution in [3.05, 3.63) is 33.8 Å². The molecule has 0 bridgehead atoms. The SMILES string of the molecule is COCCCN(C)C(CN)c1cc(Cl)ccc1Cl. The van der Waals surface area contributed by atoms with Crippen LogP contribution in [0.1, 0.15) is 18.0 Å². The van der Waals surface area contributed by atoms with Gasteiger partial charge in [-0.1, -0.05) is 23.2 Å². The third-order valence-electron chi connectivity index (χ3n) is 2.93. The molecule has 0 saturated heterocycles. The molecule has 0 radical (unpaired) electrons. The number of rotatable bonds is 7. The minimum absolute atomic E-state index is 0.0769. The van der Waals surface area contributed by atoms with Crippen molar-refractivity contribution in [2.75, 3.05) is 33.9 Å². The summed E-state index contributed by atoms with van der Waals surface area (Å²) in [6, 6.07) is 5.55. The van der Waals surface area contributed by atoms with Gasteiger partial charge in [-0.2, -0.15) is 0 Å². The number of hydrogen-bond acceptors (Lipinski definition) is 3. The molecule has 1 atom stereocenters. The molecule has 1 aromatic carbocycles. The Bertz CT molecular complexity index is 374. The van der Waals surface area contributed by atoms with Gasteiger partial charge < -0.3 is 10.5 Å². The number of benzene rings is 1. The Kier molecular flexibility index (Phi) is 6.97. The smallest absolute Gasteiger partial charge is 0.0482 e. The van der Waals surface area contributed by atoms with Gasteiger partial charge in [-0.15, -0.1) is 0 Å². The molecule has 3 nitrogen and oxygen atoms in total. The Balaban J connectivity index is 2.78. The van der Waals surface area contributed by atoms with Crippen LogP contribution >= 0.6 is 23.2 Å². The van der Waals surface area contributed by atoms with Crippen LogP contribution in [-0.2, 0) is 4.74 Å². The van der Waals surface area contributed by atoms with Gasteiger partial charge in [-0.05, 0) is 37.2 Å². The van der Waals surface area contributed by atoms with Gasteiger partial charge in [0.1, 0.15) is 0 Å². The van der Waals surface area contributed by atoms with E-state index in [0.717, 1.165) is 25.1 Å². The second-order valence-electron chi connectivity index (χ2n) is 4.24. The van der Waals surface area contributed by atoms with Crippen LogP contribution in [0.5, 0.6) is 0 Å². The molecule has 18 heavy (non-hydrogen) atoms. The molecule has 5 heteroatoms. The lowest BCUT2D eigenvalue weighted by atomic mass is 10.1. The maximum Gasteiger partial charge on any atom is 0.0482 e. The monoisotopic (exact) mass is 290 g/mol. The standard InChI is InChI=1S/C13H20Cl2N2O/c1-17(6-3-7-18-2)13(9-16)11-8-10(14)4-5-12(11)15/h4-5,8,13H,3,6-7,9,16H2,1-2H3. The molecule has 1 aromatic rings. The van der Waals surface area contributed by atoms with Gasteiger partial charge in [0.05, 0.1) is 0 Å². The van der Waals surface area contributed by atoms with Crippen molar-refractivity contribution >= 4 is 23.2 Å². The number of nitrogens with zero attached hydrogens (tertiary/aromatic N) is 1. The quantitative estimate of drug-likeness (QED) is 0.785. The third-order valence-corrected chi connectivity index (χ3v) is 3.51. The van der Waals surface area contributed by atoms with Gasteiger partial charge in [0, 0.05) is 42.9 Å². The largest absolute Gasteiger partial charge is 0.385 e. The fourth-order valence-electron chi connectivity index (χ4n) is 1.93. The minimum Gasteiger partial charge on any atom is -0.385 e. The van der Waals surface area contributed by atoms with E-state index in [-0.39, 0.29) is 6.04 Å². The van der Waals surface area contributed by atoms with Crippen molar-refractivity contribution in [2.45, 2.75) is 12.5 Å². The van der Waals surface area contributed by atoms with Crippen LogP contribution in [0.25, 0.3) is 0 Å². The summed E-state index contributed by atoms with van der Waals surface area (Å²) in [5.41, 5.74) is 6.83. The van der Waals surface area contributed by atoms with Gasteiger partial charge in [-0.25, -0.2) is 0 Å². The first-order chi connectivity index (χ1) is 8.60. The fourth-order valence-corrected chi connectivity index (χ4v) is 2.35. The Hall–Kier alpha value is -0.320. The van der Waals surface area contributed by atoms with Crippen LogP contribution in [-0.4, -0.2) is 38.8 Å². The number of ether oxygens (including phenoxy) is 1. The van der Waals surface area contributed by atoms with E-state index < -0.39 is 0 Å². The average Bonchev–Trinajstić information content (AvgIpc) is 2.35. The fraction of sp³-hybridized carbons (Fsp3) is 0.538. The van der Waals surface area contributed by atoms with Crippen molar-refractivity contribution in [3.63, 3.8) is 0 Å². The zero-order valence-corrected chi connectivity index (χ0v) is 12.3. The van der Waals surface area contributed by atoms with Crippen molar-refractivity contribution in [1.82, 2.24) is 4.90 Å². The average molecular weight is 291 g/mol. The van der Waals surface area contributed by atoms with E-state index in [1.165, 1.54) is 0 Å². The van der Waals surface area contributed by atoms with E-state index in [4.69, 9.17) is 33.7 Å². The summed E-state index contributed by atoms with van der Waals surface area (Å²) in [5, 5.41) is 1.38. The van der Waals surface area contributed by atoms with Crippen LogP contribution in [0.15, 0.2) is 18.2 Å². The predicted molar refractivity (Wildman–Crippen MR) is 77.4 cm³/mol. The van der Waals surface area contributed by atoms with E-state index in [1.54, 1.807) is 13.2 Å². The summed E-state index contributed by atoms with van der Waals surface area (Å²) in [7, 11) is 3.73. The molecule has 2 N–H and O–H groups in total. The Morgan fingerprint density at radius 3 is 2.72 bits per heavy atom. The van der Waals surface area contributed by atoms with Crippen molar-refractivity contribution in [3.8, 4) is 0 Å². The van der Waals surface area contributed by atoms with Crippen LogP contribution in [0.4, 0.5) is 0 Å². The highest BCUT2D eigenvalue weighted by Gasteiger charge is 2.18. The highest BCUT2D eigenvalue weighted by atomic mass is 35.5. The normalized spacial score (nSPS) is 13.0. The zero-order valence-electron chi connectivity index (χ0n) is 10.8. The second kappa shape index (κ2) is 7.97. The van der Waals surface area contributed by atoms with Gasteiger partial charge in [0.15, 0.2) is 0 Å². The number of halogens is 2. The van der Waals surface area contributed by atoms with E-state index in [2.05, 4.69) is 4.90 Å². The lowest BCUT2D eigenvalue weighted by molar-refractivity contribution is 0.166. The van der Waals surface area contributed by atoms with Crippen molar-refractivity contribution < 1.29 is 4.74 Å². The van der Waals surface area contributed by atoms with Crippen molar-refractivity contribution in [2.24, 2.45) is 5.73 Å². The number of likely N-dealkylation sites (N-methyl/N-ethyl adjacent to an activating group) is 1. The Labute approximate surface area is 119 Å². The second-order valence-corrected chi connectivity index (χ2v) is 5.09. The van der Waals surface area contributed by atoms with Gasteiger partial charge in [0.25, 0.3) is 0 Å². The van der Waals surface area contributed by atoms with Crippen LogP contribution in [0.2, 0.25) is 10.0 Å². The zero-order chi connectivity index (χ0) is 13.5. The molecule has 0 heterocycles. The molecule has 0 aromatic heterocycles. The first-order valence-corrected chi connectivity index (χ1v) is 6.70. The van der Waals surface area contributed by atoms with Crippen LogP contribution in [0, 0.1) is 0 Å². The van der Waals surface area contributed by atoms with E-state index in [0.29, 0.717) is 16.6 Å². The predicted octanol–water partition coefficient (Wildman–Crippen LogP) is 2.96. The minimum atomic E-state index is 0.0769. The first-order valence-electron chi connectivity index (χ1n) is 5.94. The first kappa shape index (κ1) is 15.7. The van der Waals surface area contributed by atoms with Crippen molar-refractivity contribution in [1.29, 1.82) is 0 Å². The third kappa shape index (κ3) is 4.41.